The first-order valence-corrected chi connectivity index (χ1v) is 8.10. The third-order valence-corrected chi connectivity index (χ3v) is 4.60. The molecule has 1 aromatic heterocycles. The molecule has 1 fully saturated rings. The van der Waals surface area contributed by atoms with E-state index in [1.54, 1.807) is 0 Å². The maximum Gasteiger partial charge on any atom is 0.101 e. The number of nitrogens with zero attached hydrogens (tertiary/aromatic N) is 1. The van der Waals surface area contributed by atoms with Crippen LogP contribution in [0, 0.1) is 0 Å². The zero-order chi connectivity index (χ0) is 13.1. The van der Waals surface area contributed by atoms with Gasteiger partial charge in [-0.1, -0.05) is 25.1 Å². The van der Waals surface area contributed by atoms with Gasteiger partial charge in [0.05, 0.1) is 5.52 Å². The molecule has 3 rings (SSSR count). The van der Waals surface area contributed by atoms with Crippen LogP contribution in [0.3, 0.4) is 0 Å². The molecule has 0 unspecified atom stereocenters. The van der Waals surface area contributed by atoms with Gasteiger partial charge in [-0.2, -0.15) is 0 Å². The van der Waals surface area contributed by atoms with Crippen LogP contribution in [0.1, 0.15) is 31.7 Å². The van der Waals surface area contributed by atoms with E-state index in [0.29, 0.717) is 0 Å². The monoisotopic (exact) mass is 272 g/mol. The number of benzene rings is 1. The minimum absolute atomic E-state index is 0.746. The standard InChI is InChI=1S/C16H20N2S/c1-2-9-19-16-13(11-17-14-7-8-14)10-12-5-3-4-6-15(12)18-16/h3-6,10,14,17H,2,7-9,11H2,1H3. The number of nitrogens with one attached hydrogen (secondary N) is 1. The number of rotatable bonds is 6. The van der Waals surface area contributed by atoms with Gasteiger partial charge < -0.3 is 5.32 Å². The molecular weight excluding hydrogens is 252 g/mol. The zero-order valence-electron chi connectivity index (χ0n) is 11.4. The molecule has 0 atom stereocenters. The van der Waals surface area contributed by atoms with Crippen molar-refractivity contribution in [1.29, 1.82) is 0 Å². The van der Waals surface area contributed by atoms with Crippen molar-refractivity contribution in [3.8, 4) is 0 Å². The van der Waals surface area contributed by atoms with Crippen molar-refractivity contribution >= 4 is 22.7 Å². The molecule has 1 aromatic carbocycles. The summed E-state index contributed by atoms with van der Waals surface area (Å²) < 4.78 is 0. The predicted octanol–water partition coefficient (Wildman–Crippen LogP) is 3.99. The molecule has 100 valence electrons. The Kier molecular flexibility index (Phi) is 4.04. The zero-order valence-corrected chi connectivity index (χ0v) is 12.2. The first kappa shape index (κ1) is 12.9. The van der Waals surface area contributed by atoms with Gasteiger partial charge >= 0.3 is 0 Å². The van der Waals surface area contributed by atoms with Crippen LogP contribution >= 0.6 is 11.8 Å². The van der Waals surface area contributed by atoms with Gasteiger partial charge in [0.1, 0.15) is 5.03 Å². The van der Waals surface area contributed by atoms with Crippen LogP contribution in [-0.2, 0) is 6.54 Å². The van der Waals surface area contributed by atoms with Crippen molar-refractivity contribution in [2.24, 2.45) is 0 Å². The fourth-order valence-electron chi connectivity index (χ4n) is 2.13. The molecule has 2 nitrogen and oxygen atoms in total. The molecular formula is C16H20N2S. The Balaban J connectivity index is 1.89. The van der Waals surface area contributed by atoms with Gasteiger partial charge in [-0.05, 0) is 42.7 Å². The number of aromatic nitrogens is 1. The van der Waals surface area contributed by atoms with Crippen LogP contribution in [0.4, 0.5) is 0 Å². The van der Waals surface area contributed by atoms with Gasteiger partial charge in [0.2, 0.25) is 0 Å². The van der Waals surface area contributed by atoms with Gasteiger partial charge in [0.15, 0.2) is 0 Å². The summed E-state index contributed by atoms with van der Waals surface area (Å²) in [5.74, 6) is 1.14. The van der Waals surface area contributed by atoms with Crippen LogP contribution in [-0.4, -0.2) is 16.8 Å². The average Bonchev–Trinajstić information content (AvgIpc) is 3.26. The lowest BCUT2D eigenvalue weighted by Crippen LogP contribution is -2.16. The molecule has 0 saturated heterocycles. The van der Waals surface area contributed by atoms with Crippen LogP contribution in [0.2, 0.25) is 0 Å². The van der Waals surface area contributed by atoms with E-state index in [2.05, 4.69) is 42.6 Å². The predicted molar refractivity (Wildman–Crippen MR) is 82.6 cm³/mol. The van der Waals surface area contributed by atoms with Crippen molar-refractivity contribution in [2.45, 2.75) is 43.8 Å². The third kappa shape index (κ3) is 3.28. The van der Waals surface area contributed by atoms with Crippen LogP contribution < -0.4 is 5.32 Å². The second-order valence-electron chi connectivity index (χ2n) is 5.15. The quantitative estimate of drug-likeness (QED) is 0.805. The molecule has 0 amide bonds. The van der Waals surface area contributed by atoms with E-state index in [-0.39, 0.29) is 0 Å². The molecule has 1 aliphatic carbocycles. The normalized spacial score (nSPS) is 15.0. The summed E-state index contributed by atoms with van der Waals surface area (Å²) in [5.41, 5.74) is 2.46. The van der Waals surface area contributed by atoms with E-state index >= 15 is 0 Å². The molecule has 19 heavy (non-hydrogen) atoms. The first-order chi connectivity index (χ1) is 9.36. The Hall–Kier alpha value is -1.06. The summed E-state index contributed by atoms with van der Waals surface area (Å²) in [7, 11) is 0. The van der Waals surface area contributed by atoms with Crippen molar-refractivity contribution in [3.05, 3.63) is 35.9 Å². The van der Waals surface area contributed by atoms with Crippen molar-refractivity contribution in [2.75, 3.05) is 5.75 Å². The Labute approximate surface area is 119 Å². The molecule has 1 saturated carbocycles. The van der Waals surface area contributed by atoms with Crippen molar-refractivity contribution in [1.82, 2.24) is 10.3 Å². The Morgan fingerprint density at radius 3 is 2.95 bits per heavy atom. The molecule has 0 bridgehead atoms. The number of thioether (sulfide) groups is 1. The van der Waals surface area contributed by atoms with Gasteiger partial charge in [0.25, 0.3) is 0 Å². The van der Waals surface area contributed by atoms with Crippen LogP contribution in [0.5, 0.6) is 0 Å². The maximum atomic E-state index is 4.83. The lowest BCUT2D eigenvalue weighted by molar-refractivity contribution is 0.677. The molecule has 2 aromatic rings. The van der Waals surface area contributed by atoms with E-state index in [0.717, 1.165) is 23.9 Å². The Morgan fingerprint density at radius 1 is 1.32 bits per heavy atom. The maximum absolute atomic E-state index is 4.83. The highest BCUT2D eigenvalue weighted by atomic mass is 32.2. The van der Waals surface area contributed by atoms with Crippen LogP contribution in [0.25, 0.3) is 10.9 Å². The topological polar surface area (TPSA) is 24.9 Å². The molecule has 0 spiro atoms. The molecule has 3 heteroatoms. The second kappa shape index (κ2) is 5.93. The fraction of sp³-hybridized carbons (Fsp3) is 0.438. The van der Waals surface area contributed by atoms with E-state index in [9.17, 15) is 0 Å². The SMILES string of the molecule is CCCSc1nc2ccccc2cc1CNC1CC1. The van der Waals surface area contributed by atoms with E-state index < -0.39 is 0 Å². The lowest BCUT2D eigenvalue weighted by atomic mass is 10.1. The number of fused-ring (bicyclic) bond motifs is 1. The summed E-state index contributed by atoms with van der Waals surface area (Å²) in [6.07, 6.45) is 3.85. The number of hydrogen-bond acceptors (Lipinski definition) is 3. The minimum Gasteiger partial charge on any atom is -0.310 e. The Morgan fingerprint density at radius 2 is 2.16 bits per heavy atom. The van der Waals surface area contributed by atoms with Crippen molar-refractivity contribution in [3.63, 3.8) is 0 Å². The van der Waals surface area contributed by atoms with Crippen molar-refractivity contribution < 1.29 is 0 Å². The number of pyridine rings is 1. The smallest absolute Gasteiger partial charge is 0.101 e. The van der Waals surface area contributed by atoms with Gasteiger partial charge in [-0.25, -0.2) is 4.98 Å². The highest BCUT2D eigenvalue weighted by Gasteiger charge is 2.20. The summed E-state index contributed by atoms with van der Waals surface area (Å²) in [5, 5.41) is 6.05. The minimum atomic E-state index is 0.746. The van der Waals surface area contributed by atoms with Gasteiger partial charge in [-0.15, -0.1) is 11.8 Å². The van der Waals surface area contributed by atoms with Crippen LogP contribution in [0.15, 0.2) is 35.4 Å². The van der Waals surface area contributed by atoms with E-state index in [1.165, 1.54) is 35.2 Å². The van der Waals surface area contributed by atoms with Gasteiger partial charge in [-0.3, -0.25) is 0 Å². The van der Waals surface area contributed by atoms with E-state index in [4.69, 9.17) is 4.98 Å². The highest BCUT2D eigenvalue weighted by Crippen LogP contribution is 2.27. The lowest BCUT2D eigenvalue weighted by Gasteiger charge is -2.10. The molecule has 1 N–H and O–H groups in total. The third-order valence-electron chi connectivity index (χ3n) is 3.36. The molecule has 0 radical (unpaired) electrons. The summed E-state index contributed by atoms with van der Waals surface area (Å²) in [6, 6.07) is 11.4. The second-order valence-corrected chi connectivity index (χ2v) is 6.23. The number of hydrogen-bond donors (Lipinski definition) is 1. The highest BCUT2D eigenvalue weighted by molar-refractivity contribution is 7.99. The molecule has 1 aliphatic rings. The largest absolute Gasteiger partial charge is 0.310 e. The van der Waals surface area contributed by atoms with Gasteiger partial charge in [0, 0.05) is 18.0 Å². The summed E-state index contributed by atoms with van der Waals surface area (Å²) >= 11 is 1.88. The Bertz CT molecular complexity index is 564. The summed E-state index contributed by atoms with van der Waals surface area (Å²) in [6.45, 7) is 3.17. The summed E-state index contributed by atoms with van der Waals surface area (Å²) in [4.78, 5) is 4.83. The first-order valence-electron chi connectivity index (χ1n) is 7.11. The molecule has 1 heterocycles. The fourth-order valence-corrected chi connectivity index (χ4v) is 3.01. The average molecular weight is 272 g/mol. The number of para-hydroxylation sites is 1. The van der Waals surface area contributed by atoms with E-state index in [1.807, 2.05) is 11.8 Å². The molecule has 0 aliphatic heterocycles.